The van der Waals surface area contributed by atoms with Gasteiger partial charge in [-0.1, -0.05) is 12.1 Å². The molecule has 1 N–H and O–H groups in total. The van der Waals surface area contributed by atoms with E-state index < -0.39 is 0 Å². The second-order valence-corrected chi connectivity index (χ2v) is 4.63. The predicted molar refractivity (Wildman–Crippen MR) is 66.0 cm³/mol. The summed E-state index contributed by atoms with van der Waals surface area (Å²) < 4.78 is 13.3. The number of benzene rings is 1. The van der Waals surface area contributed by atoms with Gasteiger partial charge in [-0.3, -0.25) is 0 Å². The average molecular weight is 224 g/mol. The van der Waals surface area contributed by atoms with Crippen molar-refractivity contribution < 1.29 is 4.39 Å². The summed E-state index contributed by atoms with van der Waals surface area (Å²) in [5.41, 5.74) is 1.69. The largest absolute Gasteiger partial charge is 0.309 e. The Morgan fingerprint density at radius 2 is 2.06 bits per heavy atom. The lowest BCUT2D eigenvalue weighted by molar-refractivity contribution is 0.349. The van der Waals surface area contributed by atoms with Crippen molar-refractivity contribution in [1.29, 1.82) is 0 Å². The first-order chi connectivity index (χ1) is 7.49. The van der Waals surface area contributed by atoms with Crippen LogP contribution in [0.4, 0.5) is 4.39 Å². The Balaban J connectivity index is 2.45. The Morgan fingerprint density at radius 1 is 1.38 bits per heavy atom. The van der Waals surface area contributed by atoms with Crippen LogP contribution >= 0.6 is 0 Å². The topological polar surface area (TPSA) is 15.3 Å². The van der Waals surface area contributed by atoms with Crippen LogP contribution in [0.3, 0.4) is 0 Å². The molecule has 0 saturated carbocycles. The van der Waals surface area contributed by atoms with E-state index in [1.165, 1.54) is 0 Å². The number of nitrogens with zero attached hydrogens (tertiary/aromatic N) is 1. The second-order valence-electron chi connectivity index (χ2n) is 4.63. The van der Waals surface area contributed by atoms with E-state index in [1.54, 1.807) is 13.0 Å². The van der Waals surface area contributed by atoms with Gasteiger partial charge in [0.1, 0.15) is 5.82 Å². The van der Waals surface area contributed by atoms with E-state index in [2.05, 4.69) is 17.1 Å². The minimum absolute atomic E-state index is 0.125. The van der Waals surface area contributed by atoms with Crippen molar-refractivity contribution in [2.24, 2.45) is 0 Å². The molecule has 0 bridgehead atoms. The molecule has 1 unspecified atom stereocenters. The van der Waals surface area contributed by atoms with Crippen LogP contribution in [0.5, 0.6) is 0 Å². The third kappa shape index (κ3) is 4.29. The summed E-state index contributed by atoms with van der Waals surface area (Å²) >= 11 is 0. The second kappa shape index (κ2) is 5.97. The summed E-state index contributed by atoms with van der Waals surface area (Å²) in [7, 11) is 4.09. The zero-order valence-electron chi connectivity index (χ0n) is 10.5. The smallest absolute Gasteiger partial charge is 0.126 e. The van der Waals surface area contributed by atoms with Crippen LogP contribution in [0.2, 0.25) is 0 Å². The molecule has 1 atom stereocenters. The summed E-state index contributed by atoms with van der Waals surface area (Å²) in [6.07, 6.45) is 0. The Morgan fingerprint density at radius 3 is 2.62 bits per heavy atom. The fourth-order valence-corrected chi connectivity index (χ4v) is 1.65. The first-order valence-electron chi connectivity index (χ1n) is 5.62. The number of likely N-dealkylation sites (N-methyl/N-ethyl adjacent to an activating group) is 1. The molecule has 0 aliphatic rings. The normalized spacial score (nSPS) is 13.1. The quantitative estimate of drug-likeness (QED) is 0.824. The molecule has 0 spiro atoms. The van der Waals surface area contributed by atoms with Crippen molar-refractivity contribution in [3.8, 4) is 0 Å². The van der Waals surface area contributed by atoms with Crippen LogP contribution in [0.15, 0.2) is 18.2 Å². The van der Waals surface area contributed by atoms with Gasteiger partial charge >= 0.3 is 0 Å². The monoisotopic (exact) mass is 224 g/mol. The number of nitrogens with one attached hydrogen (secondary N) is 1. The van der Waals surface area contributed by atoms with Crippen molar-refractivity contribution in [2.75, 3.05) is 20.6 Å². The fourth-order valence-electron chi connectivity index (χ4n) is 1.65. The van der Waals surface area contributed by atoms with Gasteiger partial charge in [-0.15, -0.1) is 0 Å². The number of aryl methyl sites for hydroxylation is 1. The van der Waals surface area contributed by atoms with Gasteiger partial charge in [0.15, 0.2) is 0 Å². The minimum Gasteiger partial charge on any atom is -0.309 e. The molecule has 2 nitrogen and oxygen atoms in total. The van der Waals surface area contributed by atoms with Crippen LogP contribution in [0, 0.1) is 12.7 Å². The molecule has 0 radical (unpaired) electrons. The lowest BCUT2D eigenvalue weighted by Gasteiger charge is -2.18. The van der Waals surface area contributed by atoms with Crippen LogP contribution in [-0.4, -0.2) is 31.6 Å². The van der Waals surface area contributed by atoms with Crippen LogP contribution < -0.4 is 5.32 Å². The van der Waals surface area contributed by atoms with Crippen molar-refractivity contribution in [3.63, 3.8) is 0 Å². The highest BCUT2D eigenvalue weighted by atomic mass is 19.1. The molecule has 1 rings (SSSR count). The molecule has 90 valence electrons. The summed E-state index contributed by atoms with van der Waals surface area (Å²) in [5.74, 6) is -0.125. The van der Waals surface area contributed by atoms with Crippen molar-refractivity contribution in [3.05, 3.63) is 35.1 Å². The molecule has 0 aliphatic carbocycles. The third-order valence-corrected chi connectivity index (χ3v) is 2.53. The van der Waals surface area contributed by atoms with Gasteiger partial charge in [-0.05, 0) is 45.1 Å². The van der Waals surface area contributed by atoms with Crippen molar-refractivity contribution in [1.82, 2.24) is 10.2 Å². The zero-order valence-corrected chi connectivity index (χ0v) is 10.5. The third-order valence-electron chi connectivity index (χ3n) is 2.53. The molecule has 0 aromatic heterocycles. The average Bonchev–Trinajstić information content (AvgIpc) is 2.19. The first-order valence-corrected chi connectivity index (χ1v) is 5.62. The van der Waals surface area contributed by atoms with Gasteiger partial charge < -0.3 is 10.2 Å². The number of hydrogen-bond donors (Lipinski definition) is 1. The van der Waals surface area contributed by atoms with Crippen molar-refractivity contribution >= 4 is 0 Å². The highest BCUT2D eigenvalue weighted by Crippen LogP contribution is 2.09. The fraction of sp³-hybridized carbons (Fsp3) is 0.538. The molecule has 3 heteroatoms. The van der Waals surface area contributed by atoms with Crippen molar-refractivity contribution in [2.45, 2.75) is 26.4 Å². The molecular formula is C13H21FN2. The Bertz CT molecular complexity index is 337. The molecule has 0 saturated heterocycles. The van der Waals surface area contributed by atoms with Crippen LogP contribution in [-0.2, 0) is 6.54 Å². The molecule has 0 amide bonds. The van der Waals surface area contributed by atoms with E-state index in [0.717, 1.165) is 12.1 Å². The Hall–Kier alpha value is -0.930. The molecule has 0 aliphatic heterocycles. The SMILES string of the molecule is Cc1ccc(CNC(C)CN(C)C)cc1F. The molecule has 0 heterocycles. The van der Waals surface area contributed by atoms with Gasteiger partial charge in [0, 0.05) is 19.1 Å². The Kier molecular flexibility index (Phi) is 4.90. The van der Waals surface area contributed by atoms with Gasteiger partial charge in [-0.25, -0.2) is 4.39 Å². The van der Waals surface area contributed by atoms with E-state index >= 15 is 0 Å². The summed E-state index contributed by atoms with van der Waals surface area (Å²) in [4.78, 5) is 2.13. The molecule has 0 fully saturated rings. The minimum atomic E-state index is -0.125. The van der Waals surface area contributed by atoms with E-state index in [9.17, 15) is 4.39 Å². The van der Waals surface area contributed by atoms with E-state index in [1.807, 2.05) is 26.2 Å². The van der Waals surface area contributed by atoms with Gasteiger partial charge in [0.25, 0.3) is 0 Å². The molecule has 16 heavy (non-hydrogen) atoms. The van der Waals surface area contributed by atoms with Crippen LogP contribution in [0.1, 0.15) is 18.1 Å². The lowest BCUT2D eigenvalue weighted by Crippen LogP contribution is -2.35. The molecule has 1 aromatic rings. The maximum atomic E-state index is 13.3. The summed E-state index contributed by atoms with van der Waals surface area (Å²) in [6.45, 7) is 5.60. The maximum absolute atomic E-state index is 13.3. The summed E-state index contributed by atoms with van der Waals surface area (Å²) in [6, 6.07) is 5.79. The number of halogens is 1. The van der Waals surface area contributed by atoms with Crippen LogP contribution in [0.25, 0.3) is 0 Å². The highest BCUT2D eigenvalue weighted by Gasteiger charge is 2.04. The highest BCUT2D eigenvalue weighted by molar-refractivity contribution is 5.23. The molecular weight excluding hydrogens is 203 g/mol. The van der Waals surface area contributed by atoms with E-state index in [-0.39, 0.29) is 5.82 Å². The number of hydrogen-bond acceptors (Lipinski definition) is 2. The molecule has 1 aromatic carbocycles. The van der Waals surface area contributed by atoms with Gasteiger partial charge in [0.2, 0.25) is 0 Å². The maximum Gasteiger partial charge on any atom is 0.126 e. The Labute approximate surface area is 97.5 Å². The van der Waals surface area contributed by atoms with Gasteiger partial charge in [-0.2, -0.15) is 0 Å². The number of rotatable bonds is 5. The van der Waals surface area contributed by atoms with E-state index in [4.69, 9.17) is 0 Å². The zero-order chi connectivity index (χ0) is 12.1. The summed E-state index contributed by atoms with van der Waals surface area (Å²) in [5, 5.41) is 3.37. The lowest BCUT2D eigenvalue weighted by atomic mass is 10.1. The standard InChI is InChI=1S/C13H21FN2/c1-10-5-6-12(7-13(10)14)8-15-11(2)9-16(3)4/h5-7,11,15H,8-9H2,1-4H3. The predicted octanol–water partition coefficient (Wildman–Crippen LogP) is 2.17. The first kappa shape index (κ1) is 13.1. The van der Waals surface area contributed by atoms with Gasteiger partial charge in [0.05, 0.1) is 0 Å². The van der Waals surface area contributed by atoms with E-state index in [0.29, 0.717) is 18.2 Å².